The fraction of sp³-hybridized carbons (Fsp3) is 0.333. The van der Waals surface area contributed by atoms with Gasteiger partial charge in [-0.1, -0.05) is 18.2 Å². The molecule has 1 aromatic carbocycles. The first-order chi connectivity index (χ1) is 7.22. The van der Waals surface area contributed by atoms with Gasteiger partial charge in [0.05, 0.1) is 19.8 Å². The third-order valence-electron chi connectivity index (χ3n) is 2.35. The Labute approximate surface area is 89.6 Å². The normalized spacial score (nSPS) is 14.3. The fourth-order valence-electron chi connectivity index (χ4n) is 1.38. The van der Waals surface area contributed by atoms with Gasteiger partial charge >= 0.3 is 0 Å². The Bertz CT molecular complexity index is 322. The van der Waals surface area contributed by atoms with Crippen molar-refractivity contribution in [3.63, 3.8) is 0 Å². The highest BCUT2D eigenvalue weighted by molar-refractivity contribution is 5.30. The molecule has 1 aromatic rings. The maximum Gasteiger partial charge on any atom is 0.119 e. The third-order valence-corrected chi connectivity index (χ3v) is 2.35. The molecule has 0 saturated carbocycles. The number of methoxy groups -OCH3 is 1. The van der Waals surface area contributed by atoms with Crippen molar-refractivity contribution in [2.75, 3.05) is 13.7 Å². The Hall–Kier alpha value is -1.32. The van der Waals surface area contributed by atoms with E-state index in [-0.39, 0.29) is 12.5 Å². The van der Waals surface area contributed by atoms with Crippen LogP contribution in [0, 0.1) is 5.92 Å². The summed E-state index contributed by atoms with van der Waals surface area (Å²) >= 11 is 0. The monoisotopic (exact) mass is 208 g/mol. The standard InChI is InChI=1S/C12H16O3/c1-3-9(8-13)12(14)10-5-4-6-11(7-10)15-2/h3-7,9,12-14H,1,8H2,2H3/t9-,12+/m1/s1. The molecule has 3 heteroatoms. The zero-order chi connectivity index (χ0) is 11.3. The van der Waals surface area contributed by atoms with E-state index < -0.39 is 6.10 Å². The average Bonchev–Trinajstić information content (AvgIpc) is 2.30. The topological polar surface area (TPSA) is 49.7 Å². The second-order valence-corrected chi connectivity index (χ2v) is 3.30. The van der Waals surface area contributed by atoms with Crippen molar-refractivity contribution < 1.29 is 14.9 Å². The lowest BCUT2D eigenvalue weighted by Gasteiger charge is -2.18. The van der Waals surface area contributed by atoms with Crippen LogP contribution in [0.1, 0.15) is 11.7 Å². The second kappa shape index (κ2) is 5.53. The summed E-state index contributed by atoms with van der Waals surface area (Å²) in [4.78, 5) is 0. The maximum absolute atomic E-state index is 9.91. The molecular weight excluding hydrogens is 192 g/mol. The van der Waals surface area contributed by atoms with Crippen molar-refractivity contribution >= 4 is 0 Å². The highest BCUT2D eigenvalue weighted by Gasteiger charge is 2.17. The van der Waals surface area contributed by atoms with Crippen LogP contribution < -0.4 is 4.74 Å². The zero-order valence-electron chi connectivity index (χ0n) is 8.76. The molecule has 0 aliphatic heterocycles. The molecule has 0 saturated heterocycles. The SMILES string of the molecule is C=C[C@H](CO)[C@H](O)c1cccc(OC)c1. The number of rotatable bonds is 5. The van der Waals surface area contributed by atoms with Crippen LogP contribution >= 0.6 is 0 Å². The Balaban J connectivity index is 2.89. The van der Waals surface area contributed by atoms with E-state index in [0.29, 0.717) is 11.3 Å². The lowest BCUT2D eigenvalue weighted by atomic mass is 9.96. The molecule has 0 aliphatic rings. The van der Waals surface area contributed by atoms with Gasteiger partial charge in [0.1, 0.15) is 5.75 Å². The molecule has 0 fully saturated rings. The Kier molecular flexibility index (Phi) is 4.34. The van der Waals surface area contributed by atoms with Crippen molar-refractivity contribution in [2.45, 2.75) is 6.10 Å². The highest BCUT2D eigenvalue weighted by Crippen LogP contribution is 2.25. The van der Waals surface area contributed by atoms with Gasteiger partial charge in [0.15, 0.2) is 0 Å². The summed E-state index contributed by atoms with van der Waals surface area (Å²) in [7, 11) is 1.57. The number of benzene rings is 1. The summed E-state index contributed by atoms with van der Waals surface area (Å²) in [6.45, 7) is 3.45. The second-order valence-electron chi connectivity index (χ2n) is 3.30. The van der Waals surface area contributed by atoms with E-state index in [0.717, 1.165) is 0 Å². The molecule has 2 atom stereocenters. The van der Waals surface area contributed by atoms with Gasteiger partial charge in [-0.2, -0.15) is 0 Å². The van der Waals surface area contributed by atoms with Crippen LogP contribution in [0.15, 0.2) is 36.9 Å². The van der Waals surface area contributed by atoms with Gasteiger partial charge in [-0.05, 0) is 17.7 Å². The summed E-state index contributed by atoms with van der Waals surface area (Å²) in [5.41, 5.74) is 0.716. The van der Waals surface area contributed by atoms with Gasteiger partial charge in [-0.3, -0.25) is 0 Å². The molecule has 82 valence electrons. The first-order valence-electron chi connectivity index (χ1n) is 4.78. The zero-order valence-corrected chi connectivity index (χ0v) is 8.76. The molecule has 15 heavy (non-hydrogen) atoms. The molecule has 0 aromatic heterocycles. The molecule has 0 spiro atoms. The van der Waals surface area contributed by atoms with Crippen molar-refractivity contribution in [3.8, 4) is 5.75 Å². The largest absolute Gasteiger partial charge is 0.497 e. The number of aliphatic hydroxyl groups excluding tert-OH is 2. The van der Waals surface area contributed by atoms with Gasteiger partial charge in [0.25, 0.3) is 0 Å². The minimum Gasteiger partial charge on any atom is -0.497 e. The molecule has 0 bridgehead atoms. The molecule has 0 heterocycles. The molecule has 2 N–H and O–H groups in total. The van der Waals surface area contributed by atoms with Crippen molar-refractivity contribution in [1.29, 1.82) is 0 Å². The maximum atomic E-state index is 9.91. The third kappa shape index (κ3) is 2.81. The molecule has 0 aliphatic carbocycles. The number of ether oxygens (including phenoxy) is 1. The summed E-state index contributed by atoms with van der Waals surface area (Å²) < 4.78 is 5.05. The Morgan fingerprint density at radius 3 is 2.80 bits per heavy atom. The Morgan fingerprint density at radius 2 is 2.27 bits per heavy atom. The predicted octanol–water partition coefficient (Wildman–Crippen LogP) is 1.52. The molecular formula is C12H16O3. The van der Waals surface area contributed by atoms with E-state index in [9.17, 15) is 5.11 Å². The first-order valence-corrected chi connectivity index (χ1v) is 4.78. The smallest absolute Gasteiger partial charge is 0.119 e. The van der Waals surface area contributed by atoms with Crippen LogP contribution in [0.25, 0.3) is 0 Å². The summed E-state index contributed by atoms with van der Waals surface area (Å²) in [5.74, 6) is 0.337. The number of aliphatic hydroxyl groups is 2. The van der Waals surface area contributed by atoms with Crippen LogP contribution in [-0.2, 0) is 0 Å². The predicted molar refractivity (Wildman–Crippen MR) is 58.7 cm³/mol. The summed E-state index contributed by atoms with van der Waals surface area (Å²) in [6.07, 6.45) is 0.798. The van der Waals surface area contributed by atoms with Gasteiger partial charge < -0.3 is 14.9 Å². The minimum absolute atomic E-state index is 0.123. The quantitative estimate of drug-likeness (QED) is 0.721. The highest BCUT2D eigenvalue weighted by atomic mass is 16.5. The molecule has 0 unspecified atom stereocenters. The van der Waals surface area contributed by atoms with E-state index in [4.69, 9.17) is 9.84 Å². The molecule has 0 radical (unpaired) electrons. The average molecular weight is 208 g/mol. The summed E-state index contributed by atoms with van der Waals surface area (Å²) in [6, 6.07) is 7.14. The van der Waals surface area contributed by atoms with Crippen molar-refractivity contribution in [2.24, 2.45) is 5.92 Å². The Morgan fingerprint density at radius 1 is 1.53 bits per heavy atom. The first kappa shape index (κ1) is 11.8. The molecule has 1 rings (SSSR count). The van der Waals surface area contributed by atoms with Gasteiger partial charge in [0, 0.05) is 5.92 Å². The lowest BCUT2D eigenvalue weighted by Crippen LogP contribution is -2.14. The van der Waals surface area contributed by atoms with Gasteiger partial charge in [0.2, 0.25) is 0 Å². The lowest BCUT2D eigenvalue weighted by molar-refractivity contribution is 0.0919. The van der Waals surface area contributed by atoms with Gasteiger partial charge in [-0.25, -0.2) is 0 Å². The molecule has 0 amide bonds. The fourth-order valence-corrected chi connectivity index (χ4v) is 1.38. The number of hydrogen-bond donors (Lipinski definition) is 2. The van der Waals surface area contributed by atoms with Crippen LogP contribution in [0.4, 0.5) is 0 Å². The van der Waals surface area contributed by atoms with E-state index in [1.165, 1.54) is 0 Å². The van der Waals surface area contributed by atoms with E-state index in [1.807, 2.05) is 0 Å². The van der Waals surface area contributed by atoms with Gasteiger partial charge in [-0.15, -0.1) is 6.58 Å². The van der Waals surface area contributed by atoms with Crippen LogP contribution in [-0.4, -0.2) is 23.9 Å². The van der Waals surface area contributed by atoms with E-state index in [2.05, 4.69) is 6.58 Å². The summed E-state index contributed by atoms with van der Waals surface area (Å²) in [5, 5.41) is 18.9. The van der Waals surface area contributed by atoms with Crippen LogP contribution in [0.5, 0.6) is 5.75 Å². The van der Waals surface area contributed by atoms with Crippen molar-refractivity contribution in [1.82, 2.24) is 0 Å². The molecule has 3 nitrogen and oxygen atoms in total. The van der Waals surface area contributed by atoms with E-state index in [1.54, 1.807) is 37.5 Å². The van der Waals surface area contributed by atoms with Crippen molar-refractivity contribution in [3.05, 3.63) is 42.5 Å². The van der Waals surface area contributed by atoms with Crippen LogP contribution in [0.2, 0.25) is 0 Å². The van der Waals surface area contributed by atoms with Crippen LogP contribution in [0.3, 0.4) is 0 Å². The number of hydrogen-bond acceptors (Lipinski definition) is 3. The minimum atomic E-state index is -0.748. The van der Waals surface area contributed by atoms with E-state index >= 15 is 0 Å².